The van der Waals surface area contributed by atoms with Gasteiger partial charge in [-0.25, -0.2) is 0 Å². The molecule has 1 aromatic carbocycles. The molecule has 1 aromatic rings. The van der Waals surface area contributed by atoms with Gasteiger partial charge in [0.2, 0.25) is 0 Å². The molecule has 0 spiro atoms. The minimum atomic E-state index is -0.396. The first-order chi connectivity index (χ1) is 8.54. The number of nitrogens with zero attached hydrogens (tertiary/aromatic N) is 1. The van der Waals surface area contributed by atoms with Gasteiger partial charge in [0.1, 0.15) is 5.69 Å². The van der Waals surface area contributed by atoms with E-state index in [2.05, 4.69) is 21.2 Å². The molecule has 0 saturated carbocycles. The lowest BCUT2D eigenvalue weighted by Gasteiger charge is -2.13. The molecule has 0 unspecified atom stereocenters. The third-order valence-electron chi connectivity index (χ3n) is 2.65. The van der Waals surface area contributed by atoms with Crippen LogP contribution < -0.4 is 5.32 Å². The number of nitro benzene ring substituents is 1. The lowest BCUT2D eigenvalue weighted by molar-refractivity contribution is -0.384. The first-order valence-electron chi connectivity index (χ1n) is 5.83. The number of nitrogens with one attached hydrogen (secondary N) is 1. The maximum Gasteiger partial charge on any atom is 0.292 e. The predicted octanol–water partition coefficient (Wildman–Crippen LogP) is 3.18. The molecule has 0 radical (unpaired) electrons. The van der Waals surface area contributed by atoms with E-state index in [1.165, 1.54) is 6.07 Å². The molecule has 0 amide bonds. The number of anilines is 1. The van der Waals surface area contributed by atoms with Gasteiger partial charge in [0.05, 0.1) is 4.92 Å². The molecule has 0 fully saturated rings. The van der Waals surface area contributed by atoms with Crippen LogP contribution in [-0.4, -0.2) is 23.2 Å². The summed E-state index contributed by atoms with van der Waals surface area (Å²) in [6.45, 7) is 2.88. The fraction of sp³-hybridized carbons (Fsp3) is 0.500. The molecule has 18 heavy (non-hydrogen) atoms. The molecular weight excluding hydrogens is 300 g/mol. The number of aliphatic hydroxyl groups is 1. The van der Waals surface area contributed by atoms with Crippen LogP contribution in [0.25, 0.3) is 0 Å². The lowest BCUT2D eigenvalue weighted by Crippen LogP contribution is -2.12. The first-order valence-corrected chi connectivity index (χ1v) is 6.62. The summed E-state index contributed by atoms with van der Waals surface area (Å²) in [5, 5.41) is 22.7. The second-order valence-electron chi connectivity index (χ2n) is 4.27. The van der Waals surface area contributed by atoms with E-state index in [1.807, 2.05) is 6.92 Å². The Labute approximate surface area is 114 Å². The average molecular weight is 317 g/mol. The van der Waals surface area contributed by atoms with Gasteiger partial charge in [0.25, 0.3) is 5.69 Å². The zero-order valence-corrected chi connectivity index (χ0v) is 11.8. The smallest absolute Gasteiger partial charge is 0.292 e. The van der Waals surface area contributed by atoms with Crippen molar-refractivity contribution in [2.45, 2.75) is 19.8 Å². The minimum absolute atomic E-state index is 0.0764. The van der Waals surface area contributed by atoms with E-state index < -0.39 is 4.92 Å². The van der Waals surface area contributed by atoms with Crippen molar-refractivity contribution in [3.05, 3.63) is 32.8 Å². The summed E-state index contributed by atoms with van der Waals surface area (Å²) in [6.07, 6.45) is 1.65. The van der Waals surface area contributed by atoms with Crippen LogP contribution in [0.3, 0.4) is 0 Å². The minimum Gasteiger partial charge on any atom is -0.396 e. The summed E-state index contributed by atoms with van der Waals surface area (Å²) in [7, 11) is 0. The SMILES string of the molecule is C[C@H](CCCO)CNc1cc(Br)ccc1[N+](=O)[O-]. The number of rotatable bonds is 7. The highest BCUT2D eigenvalue weighted by molar-refractivity contribution is 9.10. The molecule has 100 valence electrons. The number of aliphatic hydroxyl groups excluding tert-OH is 1. The van der Waals surface area contributed by atoms with Crippen molar-refractivity contribution in [3.8, 4) is 0 Å². The maximum atomic E-state index is 10.9. The van der Waals surface area contributed by atoms with E-state index in [9.17, 15) is 10.1 Å². The van der Waals surface area contributed by atoms with Gasteiger partial charge < -0.3 is 10.4 Å². The Morgan fingerprint density at radius 3 is 2.89 bits per heavy atom. The van der Waals surface area contributed by atoms with Gasteiger partial charge in [0, 0.05) is 23.7 Å². The van der Waals surface area contributed by atoms with E-state index in [0.717, 1.165) is 17.3 Å². The zero-order chi connectivity index (χ0) is 13.5. The van der Waals surface area contributed by atoms with Crippen LogP contribution in [0, 0.1) is 16.0 Å². The van der Waals surface area contributed by atoms with Crippen LogP contribution in [0.2, 0.25) is 0 Å². The second-order valence-corrected chi connectivity index (χ2v) is 5.19. The average Bonchev–Trinajstić information content (AvgIpc) is 2.33. The Bertz CT molecular complexity index is 412. The molecule has 6 heteroatoms. The highest BCUT2D eigenvalue weighted by Gasteiger charge is 2.14. The van der Waals surface area contributed by atoms with Crippen molar-refractivity contribution in [1.82, 2.24) is 0 Å². The number of hydrogen-bond acceptors (Lipinski definition) is 4. The molecular formula is C12H17BrN2O3. The van der Waals surface area contributed by atoms with Gasteiger partial charge >= 0.3 is 0 Å². The van der Waals surface area contributed by atoms with Crippen molar-refractivity contribution in [1.29, 1.82) is 0 Å². The highest BCUT2D eigenvalue weighted by atomic mass is 79.9. The Morgan fingerprint density at radius 2 is 2.28 bits per heavy atom. The molecule has 0 aliphatic carbocycles. The van der Waals surface area contributed by atoms with Crippen molar-refractivity contribution in [3.63, 3.8) is 0 Å². The van der Waals surface area contributed by atoms with Crippen LogP contribution in [0.15, 0.2) is 22.7 Å². The van der Waals surface area contributed by atoms with Gasteiger partial charge in [-0.3, -0.25) is 10.1 Å². The largest absolute Gasteiger partial charge is 0.396 e. The lowest BCUT2D eigenvalue weighted by atomic mass is 10.1. The van der Waals surface area contributed by atoms with Crippen LogP contribution in [0.5, 0.6) is 0 Å². The van der Waals surface area contributed by atoms with Crippen LogP contribution in [0.4, 0.5) is 11.4 Å². The molecule has 0 aromatic heterocycles. The summed E-state index contributed by atoms with van der Waals surface area (Å²) in [4.78, 5) is 10.5. The summed E-state index contributed by atoms with van der Waals surface area (Å²) >= 11 is 3.30. The van der Waals surface area contributed by atoms with Crippen molar-refractivity contribution in [2.75, 3.05) is 18.5 Å². The Kier molecular flexibility index (Phi) is 6.07. The normalized spacial score (nSPS) is 12.2. The van der Waals surface area contributed by atoms with Gasteiger partial charge in [-0.1, -0.05) is 22.9 Å². The number of benzene rings is 1. The summed E-state index contributed by atoms with van der Waals surface area (Å²) < 4.78 is 0.804. The van der Waals surface area contributed by atoms with Gasteiger partial charge in [-0.2, -0.15) is 0 Å². The van der Waals surface area contributed by atoms with E-state index in [4.69, 9.17) is 5.11 Å². The number of nitro groups is 1. The summed E-state index contributed by atoms with van der Waals surface area (Å²) in [5.74, 6) is 0.357. The van der Waals surface area contributed by atoms with Gasteiger partial charge in [-0.05, 0) is 30.9 Å². The molecule has 0 aliphatic heterocycles. The molecule has 0 saturated heterocycles. The van der Waals surface area contributed by atoms with Crippen LogP contribution in [0.1, 0.15) is 19.8 Å². The van der Waals surface area contributed by atoms with Crippen molar-refractivity contribution in [2.24, 2.45) is 5.92 Å². The van der Waals surface area contributed by atoms with E-state index >= 15 is 0 Å². The third kappa shape index (κ3) is 4.62. The molecule has 2 N–H and O–H groups in total. The quantitative estimate of drug-likeness (QED) is 0.598. The van der Waals surface area contributed by atoms with Crippen LogP contribution >= 0.6 is 15.9 Å². The predicted molar refractivity (Wildman–Crippen MR) is 74.8 cm³/mol. The number of halogens is 1. The van der Waals surface area contributed by atoms with Crippen molar-refractivity contribution >= 4 is 27.3 Å². The molecule has 0 heterocycles. The highest BCUT2D eigenvalue weighted by Crippen LogP contribution is 2.28. The Hall–Kier alpha value is -1.14. The fourth-order valence-electron chi connectivity index (χ4n) is 1.64. The molecule has 0 bridgehead atoms. The maximum absolute atomic E-state index is 10.9. The first kappa shape index (κ1) is 14.9. The monoisotopic (exact) mass is 316 g/mol. The van der Waals surface area contributed by atoms with Crippen molar-refractivity contribution < 1.29 is 10.0 Å². The van der Waals surface area contributed by atoms with E-state index in [-0.39, 0.29) is 12.3 Å². The molecule has 0 aliphatic rings. The molecule has 5 nitrogen and oxygen atoms in total. The van der Waals surface area contributed by atoms with E-state index in [0.29, 0.717) is 18.2 Å². The topological polar surface area (TPSA) is 75.4 Å². The Morgan fingerprint density at radius 1 is 1.56 bits per heavy atom. The Balaban J connectivity index is 2.65. The summed E-state index contributed by atoms with van der Waals surface area (Å²) in [6, 6.07) is 4.83. The standard InChI is InChI=1S/C12H17BrN2O3/c1-9(3-2-6-16)8-14-11-7-10(13)4-5-12(11)15(17)18/h4-5,7,9,14,16H,2-3,6,8H2,1H3/t9-/m1/s1. The summed E-state index contributed by atoms with van der Waals surface area (Å²) in [5.41, 5.74) is 0.595. The zero-order valence-electron chi connectivity index (χ0n) is 10.2. The van der Waals surface area contributed by atoms with E-state index in [1.54, 1.807) is 12.1 Å². The number of hydrogen-bond donors (Lipinski definition) is 2. The third-order valence-corrected chi connectivity index (χ3v) is 3.14. The second kappa shape index (κ2) is 7.33. The van der Waals surface area contributed by atoms with Crippen LogP contribution in [-0.2, 0) is 0 Å². The van der Waals surface area contributed by atoms with Gasteiger partial charge in [-0.15, -0.1) is 0 Å². The fourth-order valence-corrected chi connectivity index (χ4v) is 2.00. The van der Waals surface area contributed by atoms with Gasteiger partial charge in [0.15, 0.2) is 0 Å². The molecule has 1 rings (SSSR count). The molecule has 1 atom stereocenters.